The first-order chi connectivity index (χ1) is 14.6. The van der Waals surface area contributed by atoms with Crippen LogP contribution in [0.2, 0.25) is 0 Å². The first-order valence-electron chi connectivity index (χ1n) is 10.0. The molecule has 0 bridgehead atoms. The minimum Gasteiger partial charge on any atom is -0.360 e. The van der Waals surface area contributed by atoms with Gasteiger partial charge in [-0.3, -0.25) is 9.78 Å². The fraction of sp³-hybridized carbons (Fsp3) is 0.429. The maximum atomic E-state index is 13.6. The molecule has 2 aromatic rings. The van der Waals surface area contributed by atoms with Gasteiger partial charge in [0.15, 0.2) is 0 Å². The summed E-state index contributed by atoms with van der Waals surface area (Å²) in [5.41, 5.74) is 0.568. The van der Waals surface area contributed by atoms with Gasteiger partial charge in [-0.25, -0.2) is 9.40 Å². The van der Waals surface area contributed by atoms with Crippen molar-refractivity contribution in [2.75, 3.05) is 11.4 Å². The minimum atomic E-state index is -0.416. The first-order valence-corrected chi connectivity index (χ1v) is 10.0. The Hall–Kier alpha value is -3.41. The third kappa shape index (κ3) is 3.18. The van der Waals surface area contributed by atoms with E-state index in [4.69, 9.17) is 6.57 Å². The molecule has 2 aromatic heterocycles. The number of carbonyl (C=O) groups is 1. The molecule has 152 valence electrons. The Balaban J connectivity index is 1.34. The van der Waals surface area contributed by atoms with E-state index in [9.17, 15) is 9.18 Å². The summed E-state index contributed by atoms with van der Waals surface area (Å²) in [6, 6.07) is 2.83. The number of anilines is 1. The summed E-state index contributed by atoms with van der Waals surface area (Å²) in [7, 11) is 0. The SMILES string of the molecule is [C-]#[N+]c1cc(N2CC[C@@H](C(=O)N3N=CC[C@@H]3c3cncc(F)c3)CC23CC3)ncn1. The summed E-state index contributed by atoms with van der Waals surface area (Å²) in [6.45, 7) is 7.87. The molecule has 1 spiro atoms. The molecule has 0 radical (unpaired) electrons. The fourth-order valence-corrected chi connectivity index (χ4v) is 4.63. The lowest BCUT2D eigenvalue weighted by Gasteiger charge is -2.41. The van der Waals surface area contributed by atoms with Gasteiger partial charge in [0.2, 0.25) is 12.2 Å². The molecule has 0 N–H and O–H groups in total. The molecule has 0 unspecified atom stereocenters. The number of piperidine rings is 1. The van der Waals surface area contributed by atoms with Crippen molar-refractivity contribution in [2.45, 2.75) is 43.7 Å². The first kappa shape index (κ1) is 18.6. The van der Waals surface area contributed by atoms with E-state index in [1.807, 2.05) is 0 Å². The van der Waals surface area contributed by atoms with Crippen molar-refractivity contribution in [3.63, 3.8) is 0 Å². The lowest BCUT2D eigenvalue weighted by molar-refractivity contribution is -0.138. The van der Waals surface area contributed by atoms with E-state index in [0.29, 0.717) is 30.8 Å². The lowest BCUT2D eigenvalue weighted by atomic mass is 9.87. The normalized spacial score (nSPS) is 24.1. The van der Waals surface area contributed by atoms with Gasteiger partial charge >= 0.3 is 0 Å². The van der Waals surface area contributed by atoms with Crippen LogP contribution in [0.4, 0.5) is 16.0 Å². The van der Waals surface area contributed by atoms with E-state index < -0.39 is 5.82 Å². The fourth-order valence-electron chi connectivity index (χ4n) is 4.63. The van der Waals surface area contributed by atoms with E-state index in [0.717, 1.165) is 31.3 Å². The van der Waals surface area contributed by atoms with Gasteiger partial charge in [-0.05, 0) is 37.3 Å². The van der Waals surface area contributed by atoms with Crippen LogP contribution in [0.3, 0.4) is 0 Å². The molecule has 0 aromatic carbocycles. The summed E-state index contributed by atoms with van der Waals surface area (Å²) in [5, 5.41) is 5.82. The Bertz CT molecular complexity index is 1060. The highest BCUT2D eigenvalue weighted by atomic mass is 19.1. The summed E-state index contributed by atoms with van der Waals surface area (Å²) >= 11 is 0. The van der Waals surface area contributed by atoms with Crippen molar-refractivity contribution < 1.29 is 9.18 Å². The van der Waals surface area contributed by atoms with Crippen LogP contribution in [0.5, 0.6) is 0 Å². The standard InChI is InChI=1S/C21H20FN7O/c1-23-18-9-19(26-13-25-18)28-7-3-14(10-21(28)4-5-21)20(30)29-17(2-6-27-29)15-8-16(22)12-24-11-15/h6,8-9,11-14,17H,2-5,7,10H2/t14-,17-/m1/s1. The van der Waals surface area contributed by atoms with E-state index in [2.05, 4.69) is 29.8 Å². The molecule has 8 nitrogen and oxygen atoms in total. The molecular weight excluding hydrogens is 385 g/mol. The van der Waals surface area contributed by atoms with Crippen LogP contribution in [0.1, 0.15) is 43.7 Å². The molecule has 5 rings (SSSR count). The highest BCUT2D eigenvalue weighted by molar-refractivity contribution is 5.82. The smallest absolute Gasteiger partial charge is 0.274 e. The van der Waals surface area contributed by atoms with Gasteiger partial charge in [0.25, 0.3) is 5.82 Å². The number of carbonyl (C=O) groups excluding carboxylic acids is 1. The average Bonchev–Trinajstić information content (AvgIpc) is 3.34. The molecule has 1 amide bonds. The zero-order chi connectivity index (χ0) is 20.7. The average molecular weight is 405 g/mol. The summed E-state index contributed by atoms with van der Waals surface area (Å²) in [5.74, 6) is 0.494. The molecular formula is C21H20FN7O. The predicted octanol–water partition coefficient (Wildman–Crippen LogP) is 3.27. The second-order valence-electron chi connectivity index (χ2n) is 8.08. The van der Waals surface area contributed by atoms with Crippen LogP contribution in [0.15, 0.2) is 36.0 Å². The van der Waals surface area contributed by atoms with Crippen molar-refractivity contribution in [3.8, 4) is 0 Å². The second kappa shape index (κ2) is 7.13. The van der Waals surface area contributed by atoms with Crippen molar-refractivity contribution in [1.29, 1.82) is 0 Å². The van der Waals surface area contributed by atoms with Crippen LogP contribution in [-0.4, -0.2) is 44.2 Å². The molecule has 30 heavy (non-hydrogen) atoms. The Labute approximate surface area is 173 Å². The molecule has 4 heterocycles. The van der Waals surface area contributed by atoms with Gasteiger partial charge in [0.05, 0.1) is 12.2 Å². The monoisotopic (exact) mass is 405 g/mol. The molecule has 2 atom stereocenters. The van der Waals surface area contributed by atoms with E-state index in [1.165, 1.54) is 17.4 Å². The Morgan fingerprint density at radius 1 is 1.27 bits per heavy atom. The zero-order valence-corrected chi connectivity index (χ0v) is 16.3. The summed E-state index contributed by atoms with van der Waals surface area (Å²) in [6.07, 6.45) is 9.84. The van der Waals surface area contributed by atoms with Crippen LogP contribution in [0, 0.1) is 18.3 Å². The molecule has 2 fully saturated rings. The van der Waals surface area contributed by atoms with Crippen molar-refractivity contribution in [1.82, 2.24) is 20.0 Å². The van der Waals surface area contributed by atoms with Crippen molar-refractivity contribution >= 4 is 23.8 Å². The van der Waals surface area contributed by atoms with Gasteiger partial charge in [-0.1, -0.05) is 6.57 Å². The largest absolute Gasteiger partial charge is 0.360 e. The van der Waals surface area contributed by atoms with Crippen LogP contribution in [-0.2, 0) is 4.79 Å². The number of amides is 1. The number of hydrogen-bond donors (Lipinski definition) is 0. The van der Waals surface area contributed by atoms with Crippen LogP contribution in [0.25, 0.3) is 4.85 Å². The molecule has 1 saturated carbocycles. The van der Waals surface area contributed by atoms with Crippen LogP contribution < -0.4 is 4.90 Å². The van der Waals surface area contributed by atoms with Gasteiger partial charge in [-0.2, -0.15) is 10.1 Å². The number of nitrogens with zero attached hydrogens (tertiary/aromatic N) is 7. The van der Waals surface area contributed by atoms with Gasteiger partial charge in [-0.15, -0.1) is 4.98 Å². The Morgan fingerprint density at radius 3 is 2.90 bits per heavy atom. The number of rotatable bonds is 3. The Morgan fingerprint density at radius 2 is 2.13 bits per heavy atom. The summed E-state index contributed by atoms with van der Waals surface area (Å²) in [4.78, 5) is 31.2. The lowest BCUT2D eigenvalue weighted by Crippen LogP contribution is -2.48. The maximum absolute atomic E-state index is 13.6. The molecule has 1 saturated heterocycles. The molecule has 2 aliphatic heterocycles. The van der Waals surface area contributed by atoms with Gasteiger partial charge < -0.3 is 9.74 Å². The predicted molar refractivity (Wildman–Crippen MR) is 107 cm³/mol. The van der Waals surface area contributed by atoms with Gasteiger partial charge in [0.1, 0.15) is 11.6 Å². The van der Waals surface area contributed by atoms with E-state index in [1.54, 1.807) is 18.5 Å². The third-order valence-electron chi connectivity index (χ3n) is 6.27. The number of aromatic nitrogens is 3. The topological polar surface area (TPSA) is 78.9 Å². The van der Waals surface area contributed by atoms with Crippen molar-refractivity contribution in [2.24, 2.45) is 11.0 Å². The maximum Gasteiger partial charge on any atom is 0.274 e. The molecule has 9 heteroatoms. The highest BCUT2D eigenvalue weighted by Crippen LogP contribution is 2.52. The second-order valence-corrected chi connectivity index (χ2v) is 8.08. The number of halogens is 1. The zero-order valence-electron chi connectivity index (χ0n) is 16.3. The number of hydrazone groups is 1. The molecule has 1 aliphatic carbocycles. The minimum absolute atomic E-state index is 0.0199. The quantitative estimate of drug-likeness (QED) is 0.733. The van der Waals surface area contributed by atoms with E-state index >= 15 is 0 Å². The van der Waals surface area contributed by atoms with Gasteiger partial charge in [0, 0.05) is 42.9 Å². The highest BCUT2D eigenvalue weighted by Gasteiger charge is 2.54. The third-order valence-corrected chi connectivity index (χ3v) is 6.27. The van der Waals surface area contributed by atoms with E-state index in [-0.39, 0.29) is 23.4 Å². The van der Waals surface area contributed by atoms with Crippen molar-refractivity contribution in [3.05, 3.63) is 53.7 Å². The number of hydrogen-bond acceptors (Lipinski definition) is 6. The summed E-state index contributed by atoms with van der Waals surface area (Å²) < 4.78 is 13.6. The van der Waals surface area contributed by atoms with Crippen LogP contribution >= 0.6 is 0 Å². The molecule has 3 aliphatic rings. The number of pyridine rings is 1. The Kier molecular flexibility index (Phi) is 4.42.